The fourth-order valence-corrected chi connectivity index (χ4v) is 5.16. The van der Waals surface area contributed by atoms with Gasteiger partial charge in [0.1, 0.15) is 5.70 Å². The van der Waals surface area contributed by atoms with Gasteiger partial charge in [-0.1, -0.05) is 36.4 Å². The largest absolute Gasteiger partial charge is 0.366 e. The lowest BCUT2D eigenvalue weighted by molar-refractivity contribution is -0.115. The molecule has 1 aromatic heterocycles. The molecule has 0 bridgehead atoms. The Morgan fingerprint density at radius 1 is 0.900 bits per heavy atom. The maximum absolute atomic E-state index is 13.2. The summed E-state index contributed by atoms with van der Waals surface area (Å²) < 4.78 is 0. The van der Waals surface area contributed by atoms with Gasteiger partial charge < -0.3 is 21.7 Å². The summed E-state index contributed by atoms with van der Waals surface area (Å²) in [7, 11) is 0. The summed E-state index contributed by atoms with van der Waals surface area (Å²) in [5.74, 6) is -1.84. The summed E-state index contributed by atoms with van der Waals surface area (Å²) in [5.41, 5.74) is 7.76. The van der Waals surface area contributed by atoms with Crippen LogP contribution in [0, 0.1) is 0 Å². The van der Waals surface area contributed by atoms with Crippen molar-refractivity contribution >= 4 is 64.2 Å². The number of carbonyl (C=O) groups excluding carboxylic acids is 4. The number of thiophene rings is 1. The summed E-state index contributed by atoms with van der Waals surface area (Å²) in [6, 6.07) is 24.1. The predicted octanol–water partition coefficient (Wildman–Crippen LogP) is 5.38. The van der Waals surface area contributed by atoms with Gasteiger partial charge in [-0.05, 0) is 77.9 Å². The zero-order chi connectivity index (χ0) is 28.5. The summed E-state index contributed by atoms with van der Waals surface area (Å²) in [6.45, 7) is 1.74. The van der Waals surface area contributed by atoms with Crippen LogP contribution in [-0.2, 0) is 9.59 Å². The minimum Gasteiger partial charge on any atom is -0.366 e. The van der Waals surface area contributed by atoms with Crippen molar-refractivity contribution in [2.24, 2.45) is 5.73 Å². The molecule has 0 saturated heterocycles. The second kappa shape index (κ2) is 13.4. The van der Waals surface area contributed by atoms with E-state index in [4.69, 9.17) is 5.73 Å². The number of benzene rings is 3. The van der Waals surface area contributed by atoms with E-state index in [-0.39, 0.29) is 17.2 Å². The molecule has 4 amide bonds. The molecule has 4 aromatic rings. The number of thioether (sulfide) groups is 1. The van der Waals surface area contributed by atoms with Crippen molar-refractivity contribution in [3.05, 3.63) is 118 Å². The molecule has 1 unspecified atom stereocenters. The Kier molecular flexibility index (Phi) is 9.50. The summed E-state index contributed by atoms with van der Waals surface area (Å²) in [5, 5.41) is 11.5. The third kappa shape index (κ3) is 7.68. The van der Waals surface area contributed by atoms with Crippen molar-refractivity contribution < 1.29 is 19.2 Å². The highest BCUT2D eigenvalue weighted by Crippen LogP contribution is 2.27. The molecule has 5 N–H and O–H groups in total. The van der Waals surface area contributed by atoms with E-state index in [1.807, 2.05) is 22.9 Å². The Hall–Kier alpha value is -4.67. The number of para-hydroxylation sites is 1. The van der Waals surface area contributed by atoms with Crippen molar-refractivity contribution in [3.8, 4) is 0 Å². The molecule has 10 heteroatoms. The zero-order valence-electron chi connectivity index (χ0n) is 21.4. The molecule has 40 heavy (non-hydrogen) atoms. The number of amides is 4. The topological polar surface area (TPSA) is 130 Å². The summed E-state index contributed by atoms with van der Waals surface area (Å²) >= 11 is 2.76. The molecule has 1 atom stereocenters. The van der Waals surface area contributed by atoms with Crippen molar-refractivity contribution in [2.75, 3.05) is 10.6 Å². The van der Waals surface area contributed by atoms with Crippen molar-refractivity contribution in [1.82, 2.24) is 5.32 Å². The van der Waals surface area contributed by atoms with Gasteiger partial charge in [0.2, 0.25) is 5.91 Å². The predicted molar refractivity (Wildman–Crippen MR) is 160 cm³/mol. The highest BCUT2D eigenvalue weighted by atomic mass is 32.2. The highest BCUT2D eigenvalue weighted by molar-refractivity contribution is 8.00. The van der Waals surface area contributed by atoms with Crippen molar-refractivity contribution in [2.45, 2.75) is 17.1 Å². The summed E-state index contributed by atoms with van der Waals surface area (Å²) in [6.07, 6.45) is 1.61. The molecule has 1 heterocycles. The van der Waals surface area contributed by atoms with Crippen LogP contribution >= 0.6 is 23.1 Å². The van der Waals surface area contributed by atoms with E-state index in [1.165, 1.54) is 23.1 Å². The van der Waals surface area contributed by atoms with Gasteiger partial charge in [-0.3, -0.25) is 19.2 Å². The lowest BCUT2D eigenvalue weighted by atomic mass is 10.1. The molecule has 3 aromatic carbocycles. The van der Waals surface area contributed by atoms with E-state index in [9.17, 15) is 19.2 Å². The number of rotatable bonds is 10. The molecular formula is C30H26N4O4S2. The standard InChI is InChI=1S/C30H26N4O4S2/c1-19(28(36)33-25-13-6-5-12-24(25)27(31)35)40-23-11-7-10-22(17-23)32-30(38)26(16-20-14-15-39-18-20)34-29(37)21-8-3-2-4-9-21/h2-19H,1H3,(H2,31,35)(H,32,38)(H,33,36)(H,34,37)/b26-16+. The first kappa shape index (κ1) is 28.3. The van der Waals surface area contributed by atoms with Crippen LogP contribution in [-0.4, -0.2) is 28.9 Å². The second-order valence-electron chi connectivity index (χ2n) is 8.58. The Morgan fingerprint density at radius 2 is 1.65 bits per heavy atom. The molecule has 0 fully saturated rings. The van der Waals surface area contributed by atoms with Gasteiger partial charge in [-0.15, -0.1) is 11.8 Å². The van der Waals surface area contributed by atoms with Gasteiger partial charge in [-0.25, -0.2) is 0 Å². The van der Waals surface area contributed by atoms with Gasteiger partial charge in [-0.2, -0.15) is 11.3 Å². The van der Waals surface area contributed by atoms with Crippen LogP contribution in [0.25, 0.3) is 6.08 Å². The van der Waals surface area contributed by atoms with Crippen LogP contribution in [0.1, 0.15) is 33.2 Å². The van der Waals surface area contributed by atoms with Gasteiger partial charge in [0, 0.05) is 16.1 Å². The van der Waals surface area contributed by atoms with Gasteiger partial charge in [0.15, 0.2) is 0 Å². The quantitative estimate of drug-likeness (QED) is 0.150. The first-order valence-corrected chi connectivity index (χ1v) is 14.0. The van der Waals surface area contributed by atoms with E-state index in [0.29, 0.717) is 16.9 Å². The molecule has 202 valence electrons. The van der Waals surface area contributed by atoms with Crippen LogP contribution in [0.4, 0.5) is 11.4 Å². The molecule has 0 radical (unpaired) electrons. The Morgan fingerprint density at radius 3 is 2.38 bits per heavy atom. The molecule has 0 aliphatic rings. The van der Waals surface area contributed by atoms with Crippen LogP contribution < -0.4 is 21.7 Å². The number of anilines is 2. The Labute approximate surface area is 239 Å². The molecule has 0 aliphatic heterocycles. The third-order valence-electron chi connectivity index (χ3n) is 5.61. The zero-order valence-corrected chi connectivity index (χ0v) is 23.1. The van der Waals surface area contributed by atoms with Gasteiger partial charge >= 0.3 is 0 Å². The Balaban J connectivity index is 1.45. The average Bonchev–Trinajstić information content (AvgIpc) is 3.46. The third-order valence-corrected chi connectivity index (χ3v) is 7.40. The number of carbonyl (C=O) groups is 4. The van der Waals surface area contributed by atoms with Crippen molar-refractivity contribution in [3.63, 3.8) is 0 Å². The fraction of sp³-hybridized carbons (Fsp3) is 0.0667. The highest BCUT2D eigenvalue weighted by Gasteiger charge is 2.19. The van der Waals surface area contributed by atoms with Crippen LogP contribution in [0.3, 0.4) is 0 Å². The molecule has 8 nitrogen and oxygen atoms in total. The number of hydrogen-bond donors (Lipinski definition) is 4. The second-order valence-corrected chi connectivity index (χ2v) is 10.8. The van der Waals surface area contributed by atoms with E-state index >= 15 is 0 Å². The van der Waals surface area contributed by atoms with E-state index in [2.05, 4.69) is 16.0 Å². The lowest BCUT2D eigenvalue weighted by Gasteiger charge is -2.15. The normalized spacial score (nSPS) is 11.8. The van der Waals surface area contributed by atoms with E-state index < -0.39 is 23.0 Å². The van der Waals surface area contributed by atoms with Crippen molar-refractivity contribution in [1.29, 1.82) is 0 Å². The smallest absolute Gasteiger partial charge is 0.272 e. The number of nitrogens with two attached hydrogens (primary N) is 1. The van der Waals surface area contributed by atoms with Gasteiger partial charge in [0.05, 0.1) is 16.5 Å². The van der Waals surface area contributed by atoms with Crippen LogP contribution in [0.2, 0.25) is 0 Å². The fourth-order valence-electron chi connectivity index (χ4n) is 3.61. The van der Waals surface area contributed by atoms with E-state index in [1.54, 1.807) is 85.8 Å². The number of primary amides is 1. The Bertz CT molecular complexity index is 1550. The molecule has 4 rings (SSSR count). The minimum absolute atomic E-state index is 0.0890. The van der Waals surface area contributed by atoms with Crippen LogP contribution in [0.5, 0.6) is 0 Å². The van der Waals surface area contributed by atoms with Gasteiger partial charge in [0.25, 0.3) is 17.7 Å². The molecule has 0 aliphatic carbocycles. The molecule has 0 saturated carbocycles. The van der Waals surface area contributed by atoms with Crippen LogP contribution in [0.15, 0.2) is 106 Å². The maximum Gasteiger partial charge on any atom is 0.272 e. The lowest BCUT2D eigenvalue weighted by Crippen LogP contribution is -2.30. The average molecular weight is 571 g/mol. The first-order valence-electron chi connectivity index (χ1n) is 12.2. The minimum atomic E-state index is -0.632. The first-order chi connectivity index (χ1) is 19.3. The molecular weight excluding hydrogens is 544 g/mol. The number of hydrogen-bond acceptors (Lipinski definition) is 6. The number of nitrogens with one attached hydrogen (secondary N) is 3. The monoisotopic (exact) mass is 570 g/mol. The van der Waals surface area contributed by atoms with E-state index in [0.717, 1.165) is 10.5 Å². The maximum atomic E-state index is 13.2. The molecule has 0 spiro atoms. The SMILES string of the molecule is CC(Sc1cccc(NC(=O)/C(=C\c2ccsc2)NC(=O)c2ccccc2)c1)C(=O)Nc1ccccc1C(N)=O. The summed E-state index contributed by atoms with van der Waals surface area (Å²) in [4.78, 5) is 51.2.